The Kier molecular flexibility index (Phi) is 4.33. The Balaban J connectivity index is 1.53. The molecule has 4 rings (SSSR count). The Bertz CT molecular complexity index is 661. The number of H-pyrrole nitrogens is 1. The third-order valence-electron chi connectivity index (χ3n) is 4.98. The second-order valence-electron chi connectivity index (χ2n) is 6.76. The summed E-state index contributed by atoms with van der Waals surface area (Å²) in [6.07, 6.45) is 2.41. The highest BCUT2D eigenvalue weighted by molar-refractivity contribution is 5.78. The van der Waals surface area contributed by atoms with Crippen LogP contribution in [0, 0.1) is 12.8 Å². The summed E-state index contributed by atoms with van der Waals surface area (Å²) >= 11 is 0. The molecule has 1 unspecified atom stereocenters. The fourth-order valence-electron chi connectivity index (χ4n) is 3.81. The van der Waals surface area contributed by atoms with Gasteiger partial charge in [0.2, 0.25) is 0 Å². The van der Waals surface area contributed by atoms with Gasteiger partial charge < -0.3 is 14.5 Å². The molecule has 2 aliphatic rings. The SMILES string of the molecule is Cc1cccc2[nH]c(C3CCCN3CC3COCCOC3)nc12. The fourth-order valence-corrected chi connectivity index (χ4v) is 3.81. The monoisotopic (exact) mass is 315 g/mol. The van der Waals surface area contributed by atoms with Crippen molar-refractivity contribution in [2.45, 2.75) is 25.8 Å². The highest BCUT2D eigenvalue weighted by Gasteiger charge is 2.30. The standard InChI is InChI=1S/C18H25N3O2/c1-13-4-2-5-15-17(13)20-18(19-15)16-6-3-7-21(16)10-14-11-22-8-9-23-12-14/h2,4-5,14,16H,3,6-12H2,1H3,(H,19,20). The first-order valence-electron chi connectivity index (χ1n) is 8.66. The van der Waals surface area contributed by atoms with Crippen LogP contribution >= 0.6 is 0 Å². The number of nitrogens with zero attached hydrogens (tertiary/aromatic N) is 2. The van der Waals surface area contributed by atoms with Crippen LogP contribution < -0.4 is 0 Å². The minimum Gasteiger partial charge on any atom is -0.379 e. The van der Waals surface area contributed by atoms with Crippen molar-refractivity contribution in [2.75, 3.05) is 39.5 Å². The summed E-state index contributed by atoms with van der Waals surface area (Å²) in [6.45, 7) is 7.36. The van der Waals surface area contributed by atoms with E-state index in [9.17, 15) is 0 Å². The molecule has 0 bridgehead atoms. The predicted molar refractivity (Wildman–Crippen MR) is 89.5 cm³/mol. The highest BCUT2D eigenvalue weighted by atomic mass is 16.5. The molecule has 2 aliphatic heterocycles. The van der Waals surface area contributed by atoms with E-state index in [1.165, 1.54) is 18.4 Å². The van der Waals surface area contributed by atoms with Crippen LogP contribution in [0.5, 0.6) is 0 Å². The van der Waals surface area contributed by atoms with Crippen LogP contribution in [0.3, 0.4) is 0 Å². The Morgan fingerprint density at radius 1 is 1.26 bits per heavy atom. The van der Waals surface area contributed by atoms with Gasteiger partial charge in [0.1, 0.15) is 5.82 Å². The summed E-state index contributed by atoms with van der Waals surface area (Å²) in [4.78, 5) is 11.0. The van der Waals surface area contributed by atoms with Gasteiger partial charge in [0.25, 0.3) is 0 Å². The average molecular weight is 315 g/mol. The molecule has 0 spiro atoms. The summed E-state index contributed by atoms with van der Waals surface area (Å²) in [5, 5.41) is 0. The third kappa shape index (κ3) is 3.13. The molecule has 1 aromatic carbocycles. The maximum absolute atomic E-state index is 5.65. The minimum absolute atomic E-state index is 0.394. The van der Waals surface area contributed by atoms with E-state index in [0.29, 0.717) is 12.0 Å². The van der Waals surface area contributed by atoms with Crippen LogP contribution in [-0.2, 0) is 9.47 Å². The van der Waals surface area contributed by atoms with Crippen molar-refractivity contribution in [1.82, 2.24) is 14.9 Å². The van der Waals surface area contributed by atoms with Gasteiger partial charge in [-0.2, -0.15) is 0 Å². The van der Waals surface area contributed by atoms with Crippen LogP contribution in [0.4, 0.5) is 0 Å². The summed E-state index contributed by atoms with van der Waals surface area (Å²) in [6, 6.07) is 6.72. The maximum Gasteiger partial charge on any atom is 0.124 e. The zero-order valence-electron chi connectivity index (χ0n) is 13.8. The highest BCUT2D eigenvalue weighted by Crippen LogP contribution is 2.32. The lowest BCUT2D eigenvalue weighted by atomic mass is 10.1. The third-order valence-corrected chi connectivity index (χ3v) is 4.98. The Labute approximate surface area is 137 Å². The smallest absolute Gasteiger partial charge is 0.124 e. The minimum atomic E-state index is 0.394. The zero-order valence-corrected chi connectivity index (χ0v) is 13.8. The number of aryl methyl sites for hydroxylation is 1. The van der Waals surface area contributed by atoms with Gasteiger partial charge in [-0.25, -0.2) is 4.98 Å². The molecule has 0 aliphatic carbocycles. The molecule has 0 radical (unpaired) electrons. The molecule has 124 valence electrons. The molecule has 5 heteroatoms. The predicted octanol–water partition coefficient (Wildman–Crippen LogP) is 2.67. The van der Waals surface area contributed by atoms with E-state index < -0.39 is 0 Å². The first-order chi connectivity index (χ1) is 11.3. The molecule has 2 fully saturated rings. The van der Waals surface area contributed by atoms with E-state index in [1.807, 2.05) is 0 Å². The summed E-state index contributed by atoms with van der Waals surface area (Å²) in [5.74, 6) is 1.58. The second-order valence-corrected chi connectivity index (χ2v) is 6.76. The fraction of sp³-hybridized carbons (Fsp3) is 0.611. The van der Waals surface area contributed by atoms with Gasteiger partial charge in [0.15, 0.2) is 0 Å². The van der Waals surface area contributed by atoms with Crippen LogP contribution in [0.25, 0.3) is 11.0 Å². The molecule has 2 saturated heterocycles. The van der Waals surface area contributed by atoms with Crippen molar-refractivity contribution in [3.05, 3.63) is 29.6 Å². The van der Waals surface area contributed by atoms with Crippen molar-refractivity contribution >= 4 is 11.0 Å². The lowest BCUT2D eigenvalue weighted by Crippen LogP contribution is -2.33. The van der Waals surface area contributed by atoms with Crippen LogP contribution in [0.15, 0.2) is 18.2 Å². The topological polar surface area (TPSA) is 50.4 Å². The molecule has 3 heterocycles. The normalized spacial score (nSPS) is 24.3. The van der Waals surface area contributed by atoms with Crippen molar-refractivity contribution < 1.29 is 9.47 Å². The molecular formula is C18H25N3O2. The number of hydrogen-bond acceptors (Lipinski definition) is 4. The zero-order chi connectivity index (χ0) is 15.6. The Morgan fingerprint density at radius 2 is 2.09 bits per heavy atom. The molecule has 23 heavy (non-hydrogen) atoms. The Hall–Kier alpha value is -1.43. The van der Waals surface area contributed by atoms with Gasteiger partial charge >= 0.3 is 0 Å². The van der Waals surface area contributed by atoms with Gasteiger partial charge in [-0.3, -0.25) is 4.90 Å². The van der Waals surface area contributed by atoms with Gasteiger partial charge in [-0.15, -0.1) is 0 Å². The summed E-state index contributed by atoms with van der Waals surface area (Å²) in [7, 11) is 0. The molecule has 0 amide bonds. The maximum atomic E-state index is 5.65. The number of imidazole rings is 1. The van der Waals surface area contributed by atoms with Crippen LogP contribution in [0.2, 0.25) is 0 Å². The van der Waals surface area contributed by atoms with Gasteiger partial charge in [-0.05, 0) is 37.9 Å². The molecule has 0 saturated carbocycles. The largest absolute Gasteiger partial charge is 0.379 e. The molecule has 2 aromatic rings. The first-order valence-corrected chi connectivity index (χ1v) is 8.66. The molecule has 1 N–H and O–H groups in total. The number of ether oxygens (including phenoxy) is 2. The molecular weight excluding hydrogens is 290 g/mol. The van der Waals surface area contributed by atoms with Gasteiger partial charge in [0, 0.05) is 12.5 Å². The van der Waals surface area contributed by atoms with Crippen LogP contribution in [-0.4, -0.2) is 54.4 Å². The number of fused-ring (bicyclic) bond motifs is 1. The summed E-state index contributed by atoms with van der Waals surface area (Å²) in [5.41, 5.74) is 3.49. The van der Waals surface area contributed by atoms with E-state index in [0.717, 1.165) is 56.4 Å². The van der Waals surface area contributed by atoms with Crippen molar-refractivity contribution in [1.29, 1.82) is 0 Å². The van der Waals surface area contributed by atoms with E-state index in [1.54, 1.807) is 0 Å². The van der Waals surface area contributed by atoms with Crippen LogP contribution in [0.1, 0.15) is 30.3 Å². The van der Waals surface area contributed by atoms with Crippen molar-refractivity contribution in [2.24, 2.45) is 5.92 Å². The molecule has 5 nitrogen and oxygen atoms in total. The number of aromatic nitrogens is 2. The van der Waals surface area contributed by atoms with E-state index in [-0.39, 0.29) is 0 Å². The number of hydrogen-bond donors (Lipinski definition) is 1. The van der Waals surface area contributed by atoms with E-state index >= 15 is 0 Å². The summed E-state index contributed by atoms with van der Waals surface area (Å²) < 4.78 is 11.3. The average Bonchev–Trinajstić information content (AvgIpc) is 3.09. The van der Waals surface area contributed by atoms with E-state index in [4.69, 9.17) is 14.5 Å². The molecule has 1 aromatic heterocycles. The van der Waals surface area contributed by atoms with Gasteiger partial charge in [0.05, 0.1) is 43.5 Å². The number of aromatic amines is 1. The van der Waals surface area contributed by atoms with Crippen molar-refractivity contribution in [3.63, 3.8) is 0 Å². The number of rotatable bonds is 3. The van der Waals surface area contributed by atoms with E-state index in [2.05, 4.69) is 35.0 Å². The quantitative estimate of drug-likeness (QED) is 0.946. The first kappa shape index (κ1) is 15.1. The molecule has 1 atom stereocenters. The van der Waals surface area contributed by atoms with Gasteiger partial charge in [-0.1, -0.05) is 12.1 Å². The number of nitrogens with one attached hydrogen (secondary N) is 1. The number of likely N-dealkylation sites (tertiary alicyclic amines) is 1. The number of benzene rings is 1. The lowest BCUT2D eigenvalue weighted by molar-refractivity contribution is 0.0986. The second kappa shape index (κ2) is 6.59. The van der Waals surface area contributed by atoms with Crippen molar-refractivity contribution in [3.8, 4) is 0 Å². The lowest BCUT2D eigenvalue weighted by Gasteiger charge is -2.26. The Morgan fingerprint density at radius 3 is 2.87 bits per heavy atom. The number of para-hydroxylation sites is 1.